The number of carboxylic acids is 1. The zero-order chi connectivity index (χ0) is 13.8. The second-order valence-corrected chi connectivity index (χ2v) is 4.85. The molecule has 1 atom stereocenters. The van der Waals surface area contributed by atoms with Gasteiger partial charge in [0.25, 0.3) is 0 Å². The normalized spacial score (nSPS) is 12.2. The smallest absolute Gasteiger partial charge is 0.337 e. The summed E-state index contributed by atoms with van der Waals surface area (Å²) >= 11 is 1.08. The van der Waals surface area contributed by atoms with Gasteiger partial charge in [0.2, 0.25) is 0 Å². The van der Waals surface area contributed by atoms with Gasteiger partial charge < -0.3 is 15.3 Å². The number of nitrogens with zero attached hydrogens (tertiary/aromatic N) is 2. The molecular formula is C12H12N2O4S. The molecule has 0 saturated heterocycles. The third kappa shape index (κ3) is 3.00. The van der Waals surface area contributed by atoms with Gasteiger partial charge >= 0.3 is 5.97 Å². The Balaban J connectivity index is 2.16. The van der Waals surface area contributed by atoms with E-state index in [9.17, 15) is 20.1 Å². The van der Waals surface area contributed by atoms with Crippen LogP contribution < -0.4 is 0 Å². The predicted octanol–water partition coefficient (Wildman–Crippen LogP) is 1.81. The van der Waals surface area contributed by atoms with Gasteiger partial charge in [0.1, 0.15) is 0 Å². The maximum absolute atomic E-state index is 11.2. The Morgan fingerprint density at radius 1 is 1.21 bits per heavy atom. The Kier molecular flexibility index (Phi) is 3.96. The Bertz CT molecular complexity index is 551. The number of aromatic hydroxyl groups is 2. The molecule has 0 aromatic carbocycles. The average Bonchev–Trinajstić information content (AvgIpc) is 2.72. The van der Waals surface area contributed by atoms with Crippen LogP contribution in [-0.4, -0.2) is 30.8 Å². The Labute approximate surface area is 113 Å². The van der Waals surface area contributed by atoms with Crippen molar-refractivity contribution in [2.24, 2.45) is 0 Å². The molecular weight excluding hydrogens is 268 g/mol. The zero-order valence-electron chi connectivity index (χ0n) is 9.80. The maximum Gasteiger partial charge on any atom is 0.337 e. The Hall–Kier alpha value is -2.15. The van der Waals surface area contributed by atoms with Gasteiger partial charge in [0.15, 0.2) is 17.1 Å². The third-order valence-electron chi connectivity index (χ3n) is 2.48. The van der Waals surface area contributed by atoms with Crippen molar-refractivity contribution in [2.75, 3.05) is 0 Å². The Morgan fingerprint density at radius 3 is 2.32 bits per heavy atom. The standard InChI is InChI=1S/C12H12N2O4S/c15-9-1-2-10(16)14(9)11(12(17)18)19-7-8-3-5-13-6-4-8/h1-6,11,15-16H,7H2,(H,17,18). The van der Waals surface area contributed by atoms with Gasteiger partial charge in [-0.1, -0.05) is 0 Å². The van der Waals surface area contributed by atoms with E-state index in [1.54, 1.807) is 24.5 Å². The van der Waals surface area contributed by atoms with E-state index in [1.807, 2.05) is 0 Å². The van der Waals surface area contributed by atoms with Crippen LogP contribution in [0.15, 0.2) is 36.7 Å². The summed E-state index contributed by atoms with van der Waals surface area (Å²) in [5.74, 6) is -1.28. The van der Waals surface area contributed by atoms with Crippen molar-refractivity contribution in [1.82, 2.24) is 9.55 Å². The number of aromatic nitrogens is 2. The predicted molar refractivity (Wildman–Crippen MR) is 70.0 cm³/mol. The van der Waals surface area contributed by atoms with Gasteiger partial charge in [-0.3, -0.25) is 9.55 Å². The molecule has 0 aliphatic heterocycles. The van der Waals surface area contributed by atoms with Crippen LogP contribution in [0.4, 0.5) is 0 Å². The molecule has 0 aliphatic carbocycles. The van der Waals surface area contributed by atoms with Crippen LogP contribution in [-0.2, 0) is 10.5 Å². The molecule has 7 heteroatoms. The van der Waals surface area contributed by atoms with Crippen LogP contribution in [0.2, 0.25) is 0 Å². The lowest BCUT2D eigenvalue weighted by Crippen LogP contribution is -2.15. The second kappa shape index (κ2) is 5.66. The highest BCUT2D eigenvalue weighted by Gasteiger charge is 2.24. The first-order valence-electron chi connectivity index (χ1n) is 5.42. The number of thioether (sulfide) groups is 1. The fraction of sp³-hybridized carbons (Fsp3) is 0.167. The van der Waals surface area contributed by atoms with Crippen LogP contribution in [0.5, 0.6) is 11.8 Å². The molecule has 19 heavy (non-hydrogen) atoms. The minimum atomic E-state index is -1.14. The molecule has 100 valence electrons. The van der Waals surface area contributed by atoms with Gasteiger partial charge in [-0.05, 0) is 17.7 Å². The molecule has 3 N–H and O–H groups in total. The number of aliphatic carboxylic acids is 1. The van der Waals surface area contributed by atoms with Crippen molar-refractivity contribution in [1.29, 1.82) is 0 Å². The second-order valence-electron chi connectivity index (χ2n) is 3.78. The van der Waals surface area contributed by atoms with Crippen LogP contribution in [0.3, 0.4) is 0 Å². The SMILES string of the molecule is O=C(O)C(SCc1ccncc1)n1c(O)ccc1O. The topological polar surface area (TPSA) is 95.6 Å². The van der Waals surface area contributed by atoms with Crippen molar-refractivity contribution < 1.29 is 20.1 Å². The van der Waals surface area contributed by atoms with E-state index >= 15 is 0 Å². The number of rotatable bonds is 5. The summed E-state index contributed by atoms with van der Waals surface area (Å²) in [5.41, 5.74) is 0.914. The summed E-state index contributed by atoms with van der Waals surface area (Å²) in [4.78, 5) is 15.1. The first-order valence-corrected chi connectivity index (χ1v) is 6.47. The number of carbonyl (C=O) groups is 1. The lowest BCUT2D eigenvalue weighted by molar-refractivity contribution is -0.138. The molecule has 6 nitrogen and oxygen atoms in total. The van der Waals surface area contributed by atoms with E-state index in [4.69, 9.17) is 0 Å². The molecule has 0 spiro atoms. The highest BCUT2D eigenvalue weighted by atomic mass is 32.2. The average molecular weight is 280 g/mol. The highest BCUT2D eigenvalue weighted by Crippen LogP contribution is 2.35. The lowest BCUT2D eigenvalue weighted by atomic mass is 10.3. The summed E-state index contributed by atoms with van der Waals surface area (Å²) in [7, 11) is 0. The number of carboxylic acid groups (broad SMARTS) is 1. The van der Waals surface area contributed by atoms with E-state index in [0.29, 0.717) is 5.75 Å². The summed E-state index contributed by atoms with van der Waals surface area (Å²) in [6, 6.07) is 6.05. The van der Waals surface area contributed by atoms with Crippen LogP contribution in [0.25, 0.3) is 0 Å². The minimum Gasteiger partial charge on any atom is -0.494 e. The molecule has 0 radical (unpaired) electrons. The van der Waals surface area contributed by atoms with Gasteiger partial charge in [-0.2, -0.15) is 0 Å². The molecule has 2 aromatic heterocycles. The van der Waals surface area contributed by atoms with Gasteiger partial charge in [0.05, 0.1) is 0 Å². The summed E-state index contributed by atoms with van der Waals surface area (Å²) in [5, 5.41) is 27.2. The van der Waals surface area contributed by atoms with E-state index in [1.165, 1.54) is 12.1 Å². The van der Waals surface area contributed by atoms with Crippen LogP contribution in [0, 0.1) is 0 Å². The largest absolute Gasteiger partial charge is 0.494 e. The van der Waals surface area contributed by atoms with Crippen LogP contribution in [0.1, 0.15) is 10.9 Å². The molecule has 0 saturated carbocycles. The van der Waals surface area contributed by atoms with E-state index in [0.717, 1.165) is 21.9 Å². The molecule has 0 aliphatic rings. The van der Waals surface area contributed by atoms with Crippen molar-refractivity contribution in [3.05, 3.63) is 42.2 Å². The molecule has 0 amide bonds. The molecule has 2 aromatic rings. The molecule has 2 rings (SSSR count). The summed E-state index contributed by atoms with van der Waals surface area (Å²) < 4.78 is 0.966. The number of pyridine rings is 1. The first-order chi connectivity index (χ1) is 9.09. The minimum absolute atomic E-state index is 0.285. The number of hydrogen-bond acceptors (Lipinski definition) is 5. The Morgan fingerprint density at radius 2 is 1.79 bits per heavy atom. The number of hydrogen-bond donors (Lipinski definition) is 3. The quantitative estimate of drug-likeness (QED) is 0.773. The summed E-state index contributed by atoms with van der Waals surface area (Å²) in [6.07, 6.45) is 3.24. The van der Waals surface area contributed by atoms with E-state index in [2.05, 4.69) is 4.98 Å². The van der Waals surface area contributed by atoms with E-state index < -0.39 is 11.3 Å². The zero-order valence-corrected chi connectivity index (χ0v) is 10.6. The van der Waals surface area contributed by atoms with Gasteiger partial charge in [-0.25, -0.2) is 4.79 Å². The van der Waals surface area contributed by atoms with Crippen molar-refractivity contribution in [2.45, 2.75) is 11.1 Å². The van der Waals surface area contributed by atoms with Crippen molar-refractivity contribution >= 4 is 17.7 Å². The summed E-state index contributed by atoms with van der Waals surface area (Å²) in [6.45, 7) is 0. The van der Waals surface area contributed by atoms with Gasteiger partial charge in [0, 0.05) is 30.3 Å². The molecule has 2 heterocycles. The highest BCUT2D eigenvalue weighted by molar-refractivity contribution is 7.99. The third-order valence-corrected chi connectivity index (χ3v) is 3.71. The lowest BCUT2D eigenvalue weighted by Gasteiger charge is -2.16. The van der Waals surface area contributed by atoms with Crippen molar-refractivity contribution in [3.63, 3.8) is 0 Å². The van der Waals surface area contributed by atoms with E-state index in [-0.39, 0.29) is 11.8 Å². The van der Waals surface area contributed by atoms with Crippen molar-refractivity contribution in [3.8, 4) is 11.8 Å². The monoisotopic (exact) mass is 280 g/mol. The fourth-order valence-electron chi connectivity index (χ4n) is 1.58. The van der Waals surface area contributed by atoms with Gasteiger partial charge in [-0.15, -0.1) is 11.8 Å². The maximum atomic E-state index is 11.2. The fourth-order valence-corrected chi connectivity index (χ4v) is 2.63. The molecule has 1 unspecified atom stereocenters. The molecule has 0 bridgehead atoms. The first kappa shape index (κ1) is 13.3. The van der Waals surface area contributed by atoms with Crippen LogP contribution >= 0.6 is 11.8 Å². The molecule has 0 fully saturated rings.